The van der Waals surface area contributed by atoms with E-state index >= 15 is 0 Å². The predicted molar refractivity (Wildman–Crippen MR) is 56.5 cm³/mol. The van der Waals surface area contributed by atoms with Crippen LogP contribution in [0.4, 0.5) is 26.3 Å². The van der Waals surface area contributed by atoms with Crippen LogP contribution in [-0.2, 0) is 0 Å². The highest BCUT2D eigenvalue weighted by atomic mass is 19.4. The minimum Gasteiger partial charge on any atom is -0.240 e. The summed E-state index contributed by atoms with van der Waals surface area (Å²) >= 11 is 0. The average Bonchev–Trinajstić information content (AvgIpc) is 2.24. The van der Waals surface area contributed by atoms with E-state index in [0.29, 0.717) is 0 Å². The molecule has 0 aromatic carbocycles. The van der Waals surface area contributed by atoms with Crippen molar-refractivity contribution in [2.24, 2.45) is 23.2 Å². The number of hydrogen-bond donors (Lipinski definition) is 0. The molecule has 4 bridgehead atoms. The molecule has 0 nitrogen and oxygen atoms in total. The molecule has 0 aromatic rings. The van der Waals surface area contributed by atoms with Gasteiger partial charge in [0.2, 0.25) is 0 Å². The second-order valence-corrected chi connectivity index (χ2v) is 6.76. The summed E-state index contributed by atoms with van der Waals surface area (Å²) in [7, 11) is 0. The number of hydrogen-bond acceptors (Lipinski definition) is 0. The second kappa shape index (κ2) is 3.82. The van der Waals surface area contributed by atoms with Gasteiger partial charge in [0.05, 0.1) is 0 Å². The van der Waals surface area contributed by atoms with Crippen LogP contribution in [0.25, 0.3) is 0 Å². The fraction of sp³-hybridized carbons (Fsp3) is 1.00. The Morgan fingerprint density at radius 2 is 1.16 bits per heavy atom. The fourth-order valence-electron chi connectivity index (χ4n) is 5.02. The van der Waals surface area contributed by atoms with Gasteiger partial charge in [-0.3, -0.25) is 0 Å². The summed E-state index contributed by atoms with van der Waals surface area (Å²) in [5, 5.41) is 0. The molecular formula is C13H16F6. The zero-order valence-corrected chi connectivity index (χ0v) is 10.3. The van der Waals surface area contributed by atoms with E-state index < -0.39 is 23.7 Å². The first-order chi connectivity index (χ1) is 8.64. The summed E-state index contributed by atoms with van der Waals surface area (Å²) in [6, 6.07) is 0. The molecule has 0 aromatic heterocycles. The molecule has 4 aliphatic carbocycles. The molecule has 0 radical (unpaired) electrons. The molecule has 6 heteroatoms. The van der Waals surface area contributed by atoms with Crippen molar-refractivity contribution in [1.29, 1.82) is 0 Å². The van der Waals surface area contributed by atoms with Gasteiger partial charge in [-0.2, -0.15) is 22.0 Å². The Morgan fingerprint density at radius 3 is 1.47 bits per heavy atom. The summed E-state index contributed by atoms with van der Waals surface area (Å²) in [5.74, 6) is -4.78. The van der Waals surface area contributed by atoms with Crippen molar-refractivity contribution in [3.8, 4) is 0 Å². The first-order valence-corrected chi connectivity index (χ1v) is 6.73. The first kappa shape index (κ1) is 13.6. The van der Waals surface area contributed by atoms with Crippen molar-refractivity contribution in [3.05, 3.63) is 0 Å². The molecule has 19 heavy (non-hydrogen) atoms. The van der Waals surface area contributed by atoms with Gasteiger partial charge in [-0.05, 0) is 56.3 Å². The monoisotopic (exact) mass is 286 g/mol. The van der Waals surface area contributed by atoms with Crippen LogP contribution in [0.15, 0.2) is 0 Å². The quantitative estimate of drug-likeness (QED) is 0.643. The van der Waals surface area contributed by atoms with Crippen LogP contribution in [0, 0.1) is 23.2 Å². The Labute approximate surface area is 107 Å². The molecule has 0 spiro atoms. The molecule has 0 N–H and O–H groups in total. The van der Waals surface area contributed by atoms with E-state index in [4.69, 9.17) is 0 Å². The lowest BCUT2D eigenvalue weighted by atomic mass is 9.48. The van der Waals surface area contributed by atoms with Gasteiger partial charge in [0.1, 0.15) is 0 Å². The Balaban J connectivity index is 1.89. The van der Waals surface area contributed by atoms with Crippen molar-refractivity contribution < 1.29 is 26.3 Å². The van der Waals surface area contributed by atoms with Gasteiger partial charge in [-0.1, -0.05) is 0 Å². The highest BCUT2D eigenvalue weighted by Crippen LogP contribution is 2.64. The number of rotatable bonds is 2. The molecule has 4 rings (SSSR count). The van der Waals surface area contributed by atoms with E-state index in [2.05, 4.69) is 0 Å². The van der Waals surface area contributed by atoms with E-state index in [9.17, 15) is 26.3 Å². The summed E-state index contributed by atoms with van der Waals surface area (Å²) in [4.78, 5) is 0. The Morgan fingerprint density at radius 1 is 0.789 bits per heavy atom. The minimum absolute atomic E-state index is 0.147. The van der Waals surface area contributed by atoms with Gasteiger partial charge < -0.3 is 0 Å². The standard InChI is InChI=1S/C13H16F6/c14-10(12(15,16)13(17,18)19)11-4-7-1-8(5-11)3-9(2-7)6-11/h7-10H,1-6H2. The second-order valence-electron chi connectivity index (χ2n) is 6.76. The molecule has 0 aliphatic heterocycles. The van der Waals surface area contributed by atoms with E-state index in [1.54, 1.807) is 0 Å². The molecular weight excluding hydrogens is 270 g/mol. The van der Waals surface area contributed by atoms with Crippen LogP contribution in [-0.4, -0.2) is 18.3 Å². The molecule has 4 aliphatic rings. The third kappa shape index (κ3) is 1.88. The van der Waals surface area contributed by atoms with Crippen LogP contribution in [0.1, 0.15) is 38.5 Å². The van der Waals surface area contributed by atoms with Crippen molar-refractivity contribution >= 4 is 0 Å². The number of alkyl halides is 6. The van der Waals surface area contributed by atoms with Gasteiger partial charge in [-0.15, -0.1) is 0 Å². The molecule has 110 valence electrons. The van der Waals surface area contributed by atoms with Gasteiger partial charge in [0, 0.05) is 5.41 Å². The maximum atomic E-state index is 14.1. The largest absolute Gasteiger partial charge is 0.456 e. The Kier molecular flexibility index (Phi) is 2.72. The predicted octanol–water partition coefficient (Wildman–Crippen LogP) is 4.74. The van der Waals surface area contributed by atoms with Crippen LogP contribution >= 0.6 is 0 Å². The third-order valence-electron chi connectivity index (χ3n) is 5.32. The molecule has 1 atom stereocenters. The lowest BCUT2D eigenvalue weighted by Crippen LogP contribution is -2.59. The van der Waals surface area contributed by atoms with Gasteiger partial charge in [0.25, 0.3) is 0 Å². The van der Waals surface area contributed by atoms with Crippen molar-refractivity contribution in [3.63, 3.8) is 0 Å². The van der Waals surface area contributed by atoms with Crippen molar-refractivity contribution in [2.45, 2.75) is 56.8 Å². The molecule has 0 saturated heterocycles. The summed E-state index contributed by atoms with van der Waals surface area (Å²) in [6.07, 6.45) is -5.65. The maximum absolute atomic E-state index is 14.1. The van der Waals surface area contributed by atoms with E-state index in [-0.39, 0.29) is 37.0 Å². The summed E-state index contributed by atoms with van der Waals surface area (Å²) in [6.45, 7) is 0. The molecule has 0 amide bonds. The zero-order chi connectivity index (χ0) is 14.1. The van der Waals surface area contributed by atoms with Crippen LogP contribution in [0.3, 0.4) is 0 Å². The van der Waals surface area contributed by atoms with Gasteiger partial charge >= 0.3 is 12.1 Å². The maximum Gasteiger partial charge on any atom is 0.456 e. The summed E-state index contributed by atoms with van der Waals surface area (Å²) < 4.78 is 78.0. The average molecular weight is 286 g/mol. The summed E-state index contributed by atoms with van der Waals surface area (Å²) in [5.41, 5.74) is -1.44. The third-order valence-corrected chi connectivity index (χ3v) is 5.32. The van der Waals surface area contributed by atoms with Crippen molar-refractivity contribution in [2.75, 3.05) is 0 Å². The lowest BCUT2D eigenvalue weighted by Gasteiger charge is -2.58. The van der Waals surface area contributed by atoms with Gasteiger partial charge in [0.15, 0.2) is 6.17 Å². The smallest absolute Gasteiger partial charge is 0.240 e. The first-order valence-electron chi connectivity index (χ1n) is 6.73. The lowest BCUT2D eigenvalue weighted by molar-refractivity contribution is -0.324. The number of halogens is 6. The van der Waals surface area contributed by atoms with Crippen molar-refractivity contribution in [1.82, 2.24) is 0 Å². The molecule has 1 unspecified atom stereocenters. The highest BCUT2D eigenvalue weighted by Gasteiger charge is 2.70. The molecule has 4 saturated carbocycles. The van der Waals surface area contributed by atoms with Crippen LogP contribution in [0.5, 0.6) is 0 Å². The normalized spacial score (nSPS) is 43.6. The minimum atomic E-state index is -5.80. The van der Waals surface area contributed by atoms with E-state index in [1.165, 1.54) is 0 Å². The van der Waals surface area contributed by atoms with E-state index in [1.807, 2.05) is 0 Å². The fourth-order valence-corrected chi connectivity index (χ4v) is 5.02. The highest BCUT2D eigenvalue weighted by molar-refractivity contribution is 5.08. The van der Waals surface area contributed by atoms with Crippen LogP contribution in [0.2, 0.25) is 0 Å². The molecule has 4 fully saturated rings. The zero-order valence-electron chi connectivity index (χ0n) is 10.3. The molecule has 0 heterocycles. The van der Waals surface area contributed by atoms with Gasteiger partial charge in [-0.25, -0.2) is 4.39 Å². The SMILES string of the molecule is FC(C12CC3CC(CC(C3)C1)C2)C(F)(F)C(F)(F)F. The Hall–Kier alpha value is -0.420. The van der Waals surface area contributed by atoms with E-state index in [0.717, 1.165) is 19.3 Å². The topological polar surface area (TPSA) is 0 Å². The Bertz CT molecular complexity index is 337. The van der Waals surface area contributed by atoms with Crippen LogP contribution < -0.4 is 0 Å².